The van der Waals surface area contributed by atoms with Gasteiger partial charge >= 0.3 is 5.97 Å². The first-order chi connectivity index (χ1) is 7.77. The van der Waals surface area contributed by atoms with Crippen molar-refractivity contribution in [1.29, 1.82) is 0 Å². The minimum Gasteiger partial charge on any atom is -0.481 e. The van der Waals surface area contributed by atoms with Crippen LogP contribution < -0.4 is 5.73 Å². The first-order valence-electron chi connectivity index (χ1n) is 6.69. The summed E-state index contributed by atoms with van der Waals surface area (Å²) in [5.41, 5.74) is 5.38. The van der Waals surface area contributed by atoms with E-state index < -0.39 is 5.97 Å². The number of nitrogens with two attached hydrogens (primary N) is 1. The van der Waals surface area contributed by atoms with Gasteiger partial charge < -0.3 is 10.8 Å². The molecule has 0 fully saturated rings. The van der Waals surface area contributed by atoms with E-state index in [-0.39, 0.29) is 0 Å². The molecule has 0 aliphatic rings. The minimum atomic E-state index is -0.673. The quantitative estimate of drug-likeness (QED) is 0.565. The molecule has 0 aromatic heterocycles. The van der Waals surface area contributed by atoms with Gasteiger partial charge in [-0.1, -0.05) is 52.4 Å². The first-order valence-corrected chi connectivity index (χ1v) is 6.69. The molecule has 0 aliphatic carbocycles. The fourth-order valence-electron chi connectivity index (χ4n) is 1.48. The summed E-state index contributed by atoms with van der Waals surface area (Å²) >= 11 is 0. The smallest absolute Gasteiger partial charge is 0.303 e. The van der Waals surface area contributed by atoms with Gasteiger partial charge in [-0.3, -0.25) is 4.79 Å². The van der Waals surface area contributed by atoms with Crippen LogP contribution in [0, 0.1) is 0 Å². The summed E-state index contributed by atoms with van der Waals surface area (Å²) in [4.78, 5) is 10.2. The van der Waals surface area contributed by atoms with Crippen LogP contribution in [0.1, 0.15) is 71.6 Å². The molecular formula is C13H29NO2. The highest BCUT2D eigenvalue weighted by atomic mass is 16.4. The molecule has 0 saturated carbocycles. The van der Waals surface area contributed by atoms with Gasteiger partial charge in [-0.2, -0.15) is 0 Å². The van der Waals surface area contributed by atoms with Crippen LogP contribution in [0.25, 0.3) is 0 Å². The number of hydrogen-bond acceptors (Lipinski definition) is 2. The molecule has 0 aromatic carbocycles. The van der Waals surface area contributed by atoms with E-state index in [2.05, 4.69) is 0 Å². The highest BCUT2D eigenvalue weighted by Crippen LogP contribution is 2.09. The largest absolute Gasteiger partial charge is 0.481 e. The van der Waals surface area contributed by atoms with E-state index in [1.807, 2.05) is 13.8 Å². The van der Waals surface area contributed by atoms with Crippen molar-refractivity contribution in [3.8, 4) is 0 Å². The number of hydrogen-bond donors (Lipinski definition) is 2. The molecular weight excluding hydrogens is 202 g/mol. The summed E-state index contributed by atoms with van der Waals surface area (Å²) < 4.78 is 0. The zero-order chi connectivity index (χ0) is 12.6. The Morgan fingerprint density at radius 2 is 1.25 bits per heavy atom. The maximum Gasteiger partial charge on any atom is 0.303 e. The van der Waals surface area contributed by atoms with Crippen molar-refractivity contribution in [2.75, 3.05) is 6.54 Å². The van der Waals surface area contributed by atoms with Crippen molar-refractivity contribution in [1.82, 2.24) is 0 Å². The highest BCUT2D eigenvalue weighted by Gasteiger charge is 1.96. The Balaban J connectivity index is 0. The Labute approximate surface area is 100 Å². The third-order valence-corrected chi connectivity index (χ3v) is 2.34. The fraction of sp³-hybridized carbons (Fsp3) is 0.923. The van der Waals surface area contributed by atoms with Crippen molar-refractivity contribution in [3.63, 3.8) is 0 Å². The number of carboxylic acid groups (broad SMARTS) is 1. The van der Waals surface area contributed by atoms with Gasteiger partial charge in [-0.05, 0) is 19.4 Å². The topological polar surface area (TPSA) is 63.3 Å². The zero-order valence-electron chi connectivity index (χ0n) is 11.0. The van der Waals surface area contributed by atoms with E-state index in [0.29, 0.717) is 6.42 Å². The van der Waals surface area contributed by atoms with E-state index in [9.17, 15) is 4.79 Å². The molecule has 0 amide bonds. The molecule has 0 rings (SSSR count). The lowest BCUT2D eigenvalue weighted by Gasteiger charge is -2.00. The Kier molecular flexibility index (Phi) is 18.8. The summed E-state index contributed by atoms with van der Waals surface area (Å²) in [5.74, 6) is -0.673. The molecule has 3 N–H and O–H groups in total. The number of aliphatic carboxylic acids is 1. The van der Waals surface area contributed by atoms with E-state index in [1.165, 1.54) is 32.1 Å². The van der Waals surface area contributed by atoms with E-state index in [4.69, 9.17) is 10.8 Å². The van der Waals surface area contributed by atoms with Gasteiger partial charge in [0.2, 0.25) is 0 Å². The van der Waals surface area contributed by atoms with Gasteiger partial charge in [0.05, 0.1) is 0 Å². The lowest BCUT2D eigenvalue weighted by atomic mass is 10.1. The predicted octanol–water partition coefficient (Wildman–Crippen LogP) is 3.57. The van der Waals surface area contributed by atoms with Crippen molar-refractivity contribution in [2.45, 2.75) is 71.6 Å². The van der Waals surface area contributed by atoms with Crippen LogP contribution in [0.3, 0.4) is 0 Å². The fourth-order valence-corrected chi connectivity index (χ4v) is 1.48. The molecule has 3 nitrogen and oxygen atoms in total. The lowest BCUT2D eigenvalue weighted by molar-refractivity contribution is -0.137. The van der Waals surface area contributed by atoms with Crippen LogP contribution in [0.4, 0.5) is 0 Å². The SMILES string of the molecule is CC.NCCCCCCCCCCC(=O)O. The van der Waals surface area contributed by atoms with Crippen LogP contribution in [-0.4, -0.2) is 17.6 Å². The Bertz CT molecular complexity index is 138. The van der Waals surface area contributed by atoms with Crippen molar-refractivity contribution in [3.05, 3.63) is 0 Å². The van der Waals surface area contributed by atoms with Gasteiger partial charge in [0, 0.05) is 6.42 Å². The second kappa shape index (κ2) is 16.8. The lowest BCUT2D eigenvalue weighted by Crippen LogP contribution is -1.97. The van der Waals surface area contributed by atoms with Crippen molar-refractivity contribution >= 4 is 5.97 Å². The maximum absolute atomic E-state index is 10.2. The van der Waals surface area contributed by atoms with E-state index in [1.54, 1.807) is 0 Å². The molecule has 0 bridgehead atoms. The molecule has 16 heavy (non-hydrogen) atoms. The molecule has 0 atom stereocenters. The third-order valence-electron chi connectivity index (χ3n) is 2.34. The van der Waals surface area contributed by atoms with Crippen LogP contribution in [0.15, 0.2) is 0 Å². The molecule has 0 aliphatic heterocycles. The standard InChI is InChI=1S/C11H23NO2.C2H6/c12-10-8-6-4-2-1-3-5-7-9-11(13)14;1-2/h1-10,12H2,(H,13,14);1-2H3. The summed E-state index contributed by atoms with van der Waals surface area (Å²) in [6, 6.07) is 0. The van der Waals surface area contributed by atoms with E-state index >= 15 is 0 Å². The van der Waals surface area contributed by atoms with Crippen LogP contribution >= 0.6 is 0 Å². The van der Waals surface area contributed by atoms with Crippen LogP contribution in [0.5, 0.6) is 0 Å². The normalized spacial score (nSPS) is 9.44. The molecule has 0 unspecified atom stereocenters. The first kappa shape index (κ1) is 17.8. The molecule has 0 saturated heterocycles. The Morgan fingerprint density at radius 1 is 0.875 bits per heavy atom. The molecule has 0 aromatic rings. The second-order valence-corrected chi connectivity index (χ2v) is 3.76. The van der Waals surface area contributed by atoms with Crippen molar-refractivity contribution in [2.24, 2.45) is 5.73 Å². The Hall–Kier alpha value is -0.570. The van der Waals surface area contributed by atoms with E-state index in [0.717, 1.165) is 25.8 Å². The molecule has 0 spiro atoms. The second-order valence-electron chi connectivity index (χ2n) is 3.76. The average molecular weight is 231 g/mol. The minimum absolute atomic E-state index is 0.327. The van der Waals surface area contributed by atoms with Gasteiger partial charge in [0.15, 0.2) is 0 Å². The molecule has 0 heterocycles. The van der Waals surface area contributed by atoms with Crippen LogP contribution in [0.2, 0.25) is 0 Å². The Morgan fingerprint density at radius 3 is 1.62 bits per heavy atom. The van der Waals surface area contributed by atoms with Gasteiger partial charge in [0.25, 0.3) is 0 Å². The summed E-state index contributed by atoms with van der Waals surface area (Å²) in [6.45, 7) is 4.80. The van der Waals surface area contributed by atoms with Gasteiger partial charge in [-0.15, -0.1) is 0 Å². The molecule has 0 radical (unpaired) electrons. The summed E-state index contributed by atoms with van der Waals surface area (Å²) in [6.07, 6.45) is 9.56. The third kappa shape index (κ3) is 19.1. The highest BCUT2D eigenvalue weighted by molar-refractivity contribution is 5.66. The number of carbonyl (C=O) groups is 1. The monoisotopic (exact) mass is 231 g/mol. The maximum atomic E-state index is 10.2. The average Bonchev–Trinajstić information content (AvgIpc) is 2.29. The summed E-state index contributed by atoms with van der Waals surface area (Å²) in [5, 5.41) is 8.40. The van der Waals surface area contributed by atoms with Crippen molar-refractivity contribution < 1.29 is 9.90 Å². The zero-order valence-corrected chi connectivity index (χ0v) is 11.0. The summed E-state index contributed by atoms with van der Waals surface area (Å²) in [7, 11) is 0. The number of unbranched alkanes of at least 4 members (excludes halogenated alkanes) is 7. The van der Waals surface area contributed by atoms with Gasteiger partial charge in [0.1, 0.15) is 0 Å². The predicted molar refractivity (Wildman–Crippen MR) is 69.6 cm³/mol. The van der Waals surface area contributed by atoms with Gasteiger partial charge in [-0.25, -0.2) is 0 Å². The molecule has 98 valence electrons. The van der Waals surface area contributed by atoms with Crippen LogP contribution in [-0.2, 0) is 4.79 Å². The molecule has 3 heteroatoms. The number of rotatable bonds is 10. The number of carboxylic acids is 1.